The van der Waals surface area contributed by atoms with Crippen LogP contribution in [0.3, 0.4) is 0 Å². The molecule has 0 aliphatic heterocycles. The Morgan fingerprint density at radius 1 is 1.31 bits per heavy atom. The summed E-state index contributed by atoms with van der Waals surface area (Å²) >= 11 is 0. The van der Waals surface area contributed by atoms with Crippen LogP contribution in [0.15, 0.2) is 24.3 Å². The first-order chi connectivity index (χ1) is 7.67. The quantitative estimate of drug-likeness (QED) is 0.777. The molecule has 0 amide bonds. The van der Waals surface area contributed by atoms with Crippen molar-refractivity contribution in [2.45, 2.75) is 32.8 Å². The molecule has 1 rings (SSSR count). The molecule has 0 saturated heterocycles. The molecule has 0 heterocycles. The van der Waals surface area contributed by atoms with Crippen LogP contribution in [0.5, 0.6) is 0 Å². The number of aliphatic hydroxyl groups is 1. The van der Waals surface area contributed by atoms with E-state index < -0.39 is 6.10 Å². The van der Waals surface area contributed by atoms with Crippen LogP contribution in [0.4, 0.5) is 0 Å². The van der Waals surface area contributed by atoms with Gasteiger partial charge in [0.1, 0.15) is 0 Å². The Hall–Kier alpha value is -1.35. The molecule has 88 valence electrons. The fraction of sp³-hybridized carbons (Fsp3) is 0.462. The highest BCUT2D eigenvalue weighted by atomic mass is 16.5. The molecule has 0 aliphatic carbocycles. The van der Waals surface area contributed by atoms with Crippen molar-refractivity contribution in [2.24, 2.45) is 0 Å². The van der Waals surface area contributed by atoms with E-state index in [9.17, 15) is 9.90 Å². The monoisotopic (exact) mass is 222 g/mol. The van der Waals surface area contributed by atoms with E-state index in [2.05, 4.69) is 6.92 Å². The zero-order valence-corrected chi connectivity index (χ0v) is 9.77. The summed E-state index contributed by atoms with van der Waals surface area (Å²) in [5.41, 5.74) is 1.97. The van der Waals surface area contributed by atoms with Crippen LogP contribution in [0, 0.1) is 0 Å². The summed E-state index contributed by atoms with van der Waals surface area (Å²) in [5, 5.41) is 9.78. The summed E-state index contributed by atoms with van der Waals surface area (Å²) in [5.74, 6) is -0.366. The zero-order valence-electron chi connectivity index (χ0n) is 9.77. The molecule has 3 nitrogen and oxygen atoms in total. The van der Waals surface area contributed by atoms with Crippen molar-refractivity contribution in [3.63, 3.8) is 0 Å². The van der Waals surface area contributed by atoms with Crippen LogP contribution >= 0.6 is 0 Å². The highest BCUT2D eigenvalue weighted by molar-refractivity contribution is 5.70. The van der Waals surface area contributed by atoms with Crippen LogP contribution < -0.4 is 0 Å². The van der Waals surface area contributed by atoms with Gasteiger partial charge in [-0.3, -0.25) is 4.79 Å². The zero-order chi connectivity index (χ0) is 12.0. The predicted octanol–water partition coefficient (Wildman–Crippen LogP) is 2.24. The minimum Gasteiger partial charge on any atom is -0.466 e. The van der Waals surface area contributed by atoms with Crippen molar-refractivity contribution >= 4 is 5.97 Å². The summed E-state index contributed by atoms with van der Waals surface area (Å²) in [6.07, 6.45) is 0.207. The van der Waals surface area contributed by atoms with Gasteiger partial charge in [-0.1, -0.05) is 31.2 Å². The van der Waals surface area contributed by atoms with Gasteiger partial charge in [0.15, 0.2) is 0 Å². The second kappa shape index (κ2) is 6.28. The molecular weight excluding hydrogens is 204 g/mol. The standard InChI is InChI=1S/C13H18O3/c1-3-10-5-7-11(8-6-10)12(14)9-13(15)16-4-2/h5-8,12,14H,3-4,9H2,1-2H3/t12-/m0/s1. The van der Waals surface area contributed by atoms with Gasteiger partial charge in [-0.25, -0.2) is 0 Å². The fourth-order valence-corrected chi connectivity index (χ4v) is 1.47. The van der Waals surface area contributed by atoms with Crippen LogP contribution in [-0.2, 0) is 16.0 Å². The Balaban J connectivity index is 2.58. The first-order valence-corrected chi connectivity index (χ1v) is 5.59. The van der Waals surface area contributed by atoms with Crippen LogP contribution in [-0.4, -0.2) is 17.7 Å². The number of rotatable bonds is 5. The number of aryl methyl sites for hydroxylation is 1. The second-order valence-electron chi connectivity index (χ2n) is 3.62. The lowest BCUT2D eigenvalue weighted by Crippen LogP contribution is -2.10. The molecule has 0 bridgehead atoms. The first-order valence-electron chi connectivity index (χ1n) is 5.59. The van der Waals surface area contributed by atoms with Crippen molar-refractivity contribution in [1.82, 2.24) is 0 Å². The van der Waals surface area contributed by atoms with Crippen molar-refractivity contribution in [2.75, 3.05) is 6.61 Å². The average molecular weight is 222 g/mol. The molecule has 3 heteroatoms. The summed E-state index contributed by atoms with van der Waals surface area (Å²) in [7, 11) is 0. The largest absolute Gasteiger partial charge is 0.466 e. The van der Waals surface area contributed by atoms with Crippen LogP contribution in [0.1, 0.15) is 37.5 Å². The Kier molecular flexibility index (Phi) is 4.99. The van der Waals surface area contributed by atoms with E-state index in [4.69, 9.17) is 4.74 Å². The third-order valence-corrected chi connectivity index (χ3v) is 2.44. The summed E-state index contributed by atoms with van der Waals surface area (Å²) in [4.78, 5) is 11.2. The van der Waals surface area contributed by atoms with Crippen molar-refractivity contribution in [3.05, 3.63) is 35.4 Å². The Bertz CT molecular complexity index is 330. The molecule has 0 aliphatic rings. The third-order valence-electron chi connectivity index (χ3n) is 2.44. The Morgan fingerprint density at radius 3 is 2.44 bits per heavy atom. The van der Waals surface area contributed by atoms with E-state index in [1.54, 1.807) is 6.92 Å². The maximum atomic E-state index is 11.2. The van der Waals surface area contributed by atoms with Gasteiger partial charge in [0, 0.05) is 0 Å². The molecule has 0 fully saturated rings. The molecule has 0 aromatic heterocycles. The van der Waals surface area contributed by atoms with E-state index in [0.29, 0.717) is 6.61 Å². The number of esters is 1. The van der Waals surface area contributed by atoms with Gasteiger partial charge in [-0.05, 0) is 24.5 Å². The Labute approximate surface area is 96.1 Å². The topological polar surface area (TPSA) is 46.5 Å². The number of benzene rings is 1. The molecule has 0 unspecified atom stereocenters. The van der Waals surface area contributed by atoms with E-state index in [1.165, 1.54) is 5.56 Å². The lowest BCUT2D eigenvalue weighted by molar-refractivity contribution is -0.145. The highest BCUT2D eigenvalue weighted by Gasteiger charge is 2.13. The van der Waals surface area contributed by atoms with E-state index in [1.807, 2.05) is 24.3 Å². The SMILES string of the molecule is CCOC(=O)C[C@H](O)c1ccc(CC)cc1. The fourth-order valence-electron chi connectivity index (χ4n) is 1.47. The van der Waals surface area contributed by atoms with Crippen LogP contribution in [0.25, 0.3) is 0 Å². The van der Waals surface area contributed by atoms with Gasteiger partial charge in [-0.2, -0.15) is 0 Å². The van der Waals surface area contributed by atoms with E-state index in [-0.39, 0.29) is 12.4 Å². The van der Waals surface area contributed by atoms with Crippen molar-refractivity contribution < 1.29 is 14.6 Å². The number of ether oxygens (including phenoxy) is 1. The molecule has 0 saturated carbocycles. The number of hydrogen-bond donors (Lipinski definition) is 1. The van der Waals surface area contributed by atoms with E-state index in [0.717, 1.165) is 12.0 Å². The molecule has 1 aromatic carbocycles. The van der Waals surface area contributed by atoms with Gasteiger partial charge < -0.3 is 9.84 Å². The molecule has 1 atom stereocenters. The molecule has 0 spiro atoms. The van der Waals surface area contributed by atoms with Gasteiger partial charge in [0.25, 0.3) is 0 Å². The minimum atomic E-state index is -0.773. The summed E-state index contributed by atoms with van der Waals surface area (Å²) in [6.45, 7) is 4.17. The first kappa shape index (κ1) is 12.7. The number of hydrogen-bond acceptors (Lipinski definition) is 3. The van der Waals surface area contributed by atoms with Crippen LogP contribution in [0.2, 0.25) is 0 Å². The number of aliphatic hydroxyl groups excluding tert-OH is 1. The molecule has 1 N–H and O–H groups in total. The van der Waals surface area contributed by atoms with Gasteiger partial charge in [0.05, 0.1) is 19.1 Å². The Morgan fingerprint density at radius 2 is 1.94 bits per heavy atom. The lowest BCUT2D eigenvalue weighted by Gasteiger charge is -2.10. The normalized spacial score (nSPS) is 12.2. The highest BCUT2D eigenvalue weighted by Crippen LogP contribution is 2.17. The smallest absolute Gasteiger partial charge is 0.308 e. The lowest BCUT2D eigenvalue weighted by atomic mass is 10.0. The average Bonchev–Trinajstić information content (AvgIpc) is 2.29. The number of carbonyl (C=O) groups excluding carboxylic acids is 1. The van der Waals surface area contributed by atoms with Gasteiger partial charge in [0.2, 0.25) is 0 Å². The number of carbonyl (C=O) groups is 1. The van der Waals surface area contributed by atoms with Gasteiger partial charge in [-0.15, -0.1) is 0 Å². The summed E-state index contributed by atoms with van der Waals surface area (Å²) < 4.78 is 4.78. The minimum absolute atomic E-state index is 0.0132. The third kappa shape index (κ3) is 3.66. The van der Waals surface area contributed by atoms with Gasteiger partial charge >= 0.3 is 5.97 Å². The molecule has 0 radical (unpaired) electrons. The summed E-state index contributed by atoms with van der Waals surface area (Å²) in [6, 6.07) is 7.62. The van der Waals surface area contributed by atoms with Crippen molar-refractivity contribution in [1.29, 1.82) is 0 Å². The second-order valence-corrected chi connectivity index (χ2v) is 3.62. The van der Waals surface area contributed by atoms with Crippen molar-refractivity contribution in [3.8, 4) is 0 Å². The maximum absolute atomic E-state index is 11.2. The molecular formula is C13H18O3. The molecule has 16 heavy (non-hydrogen) atoms. The molecule has 1 aromatic rings. The maximum Gasteiger partial charge on any atom is 0.308 e. The predicted molar refractivity (Wildman–Crippen MR) is 62.0 cm³/mol. The van der Waals surface area contributed by atoms with E-state index >= 15 is 0 Å².